The molecule has 0 aliphatic carbocycles. The monoisotopic (exact) mass is 390 g/mol. The van der Waals surface area contributed by atoms with Crippen molar-refractivity contribution in [2.24, 2.45) is 5.92 Å². The molecule has 0 aromatic heterocycles. The van der Waals surface area contributed by atoms with Crippen LogP contribution in [0.5, 0.6) is 0 Å². The summed E-state index contributed by atoms with van der Waals surface area (Å²) in [4.78, 5) is 15.0. The van der Waals surface area contributed by atoms with Crippen molar-refractivity contribution in [3.05, 3.63) is 69.7 Å². The lowest BCUT2D eigenvalue weighted by molar-refractivity contribution is -0.127. The number of likely N-dealkylation sites (tertiary alicyclic amines) is 1. The lowest BCUT2D eigenvalue weighted by Gasteiger charge is -2.33. The number of hydrogen-bond donors (Lipinski definition) is 1. The second-order valence-corrected chi connectivity index (χ2v) is 7.73. The SMILES string of the molecule is C[C@@H](NC(=O)[C@H]1CCCN(Cc2c(Cl)cccc2Cl)C1)c1ccccc1. The molecule has 1 saturated heterocycles. The Morgan fingerprint density at radius 2 is 1.85 bits per heavy atom. The predicted molar refractivity (Wildman–Crippen MR) is 107 cm³/mol. The van der Waals surface area contributed by atoms with Crippen LogP contribution in [0.3, 0.4) is 0 Å². The number of halogens is 2. The van der Waals surface area contributed by atoms with Crippen molar-refractivity contribution >= 4 is 29.1 Å². The van der Waals surface area contributed by atoms with E-state index < -0.39 is 0 Å². The lowest BCUT2D eigenvalue weighted by atomic mass is 9.96. The minimum absolute atomic E-state index is 0.00354. The summed E-state index contributed by atoms with van der Waals surface area (Å²) in [6.45, 7) is 4.39. The van der Waals surface area contributed by atoms with Crippen molar-refractivity contribution in [3.63, 3.8) is 0 Å². The zero-order chi connectivity index (χ0) is 18.5. The average molecular weight is 391 g/mol. The molecular weight excluding hydrogens is 367 g/mol. The van der Waals surface area contributed by atoms with Crippen LogP contribution in [0, 0.1) is 5.92 Å². The summed E-state index contributed by atoms with van der Waals surface area (Å²) < 4.78 is 0. The molecule has 3 rings (SSSR count). The van der Waals surface area contributed by atoms with Gasteiger partial charge in [0.05, 0.1) is 12.0 Å². The van der Waals surface area contributed by atoms with E-state index in [0.717, 1.165) is 37.1 Å². The van der Waals surface area contributed by atoms with Crippen LogP contribution in [0.2, 0.25) is 10.0 Å². The summed E-state index contributed by atoms with van der Waals surface area (Å²) >= 11 is 12.6. The fourth-order valence-corrected chi connectivity index (χ4v) is 3.99. The number of piperidine rings is 1. The number of carbonyl (C=O) groups is 1. The molecule has 3 nitrogen and oxygen atoms in total. The molecule has 1 fully saturated rings. The smallest absolute Gasteiger partial charge is 0.224 e. The highest BCUT2D eigenvalue weighted by Crippen LogP contribution is 2.28. The minimum atomic E-state index is -0.00354. The third-order valence-electron chi connectivity index (χ3n) is 4.98. The van der Waals surface area contributed by atoms with Gasteiger partial charge in [-0.25, -0.2) is 0 Å². The van der Waals surface area contributed by atoms with Crippen LogP contribution in [0.15, 0.2) is 48.5 Å². The maximum atomic E-state index is 12.7. The Hall–Kier alpha value is -1.55. The molecule has 0 bridgehead atoms. The van der Waals surface area contributed by atoms with Gasteiger partial charge >= 0.3 is 0 Å². The average Bonchev–Trinajstić information content (AvgIpc) is 2.66. The second kappa shape index (κ2) is 8.90. The fourth-order valence-electron chi connectivity index (χ4n) is 3.48. The number of benzene rings is 2. The first-order valence-corrected chi connectivity index (χ1v) is 9.80. The zero-order valence-electron chi connectivity index (χ0n) is 14.9. The Bertz CT molecular complexity index is 731. The van der Waals surface area contributed by atoms with E-state index in [-0.39, 0.29) is 17.9 Å². The molecule has 0 spiro atoms. The zero-order valence-corrected chi connectivity index (χ0v) is 16.4. The Kier molecular flexibility index (Phi) is 6.58. The van der Waals surface area contributed by atoms with Gasteiger partial charge in [-0.15, -0.1) is 0 Å². The Morgan fingerprint density at radius 1 is 1.15 bits per heavy atom. The van der Waals surface area contributed by atoms with Crippen LogP contribution >= 0.6 is 23.2 Å². The number of amides is 1. The molecule has 1 aliphatic heterocycles. The molecule has 138 valence electrons. The normalized spacial score (nSPS) is 19.1. The largest absolute Gasteiger partial charge is 0.349 e. The Labute approximate surface area is 165 Å². The van der Waals surface area contributed by atoms with Gasteiger partial charge in [0, 0.05) is 28.7 Å². The quantitative estimate of drug-likeness (QED) is 0.771. The highest BCUT2D eigenvalue weighted by atomic mass is 35.5. The molecule has 5 heteroatoms. The Balaban J connectivity index is 1.60. The van der Waals surface area contributed by atoms with Crippen LogP contribution < -0.4 is 5.32 Å². The van der Waals surface area contributed by atoms with Crippen molar-refractivity contribution in [3.8, 4) is 0 Å². The highest BCUT2D eigenvalue weighted by molar-refractivity contribution is 6.35. The van der Waals surface area contributed by atoms with Gasteiger partial charge in [0.2, 0.25) is 5.91 Å². The maximum absolute atomic E-state index is 12.7. The van der Waals surface area contributed by atoms with Gasteiger partial charge in [-0.2, -0.15) is 0 Å². The fraction of sp³-hybridized carbons (Fsp3) is 0.381. The van der Waals surface area contributed by atoms with Crippen molar-refractivity contribution in [2.45, 2.75) is 32.4 Å². The van der Waals surface area contributed by atoms with Crippen LogP contribution in [-0.2, 0) is 11.3 Å². The molecule has 26 heavy (non-hydrogen) atoms. The van der Waals surface area contributed by atoms with Gasteiger partial charge in [-0.1, -0.05) is 59.6 Å². The van der Waals surface area contributed by atoms with E-state index in [9.17, 15) is 4.79 Å². The van der Waals surface area contributed by atoms with Crippen LogP contribution in [0.4, 0.5) is 0 Å². The summed E-state index contributed by atoms with van der Waals surface area (Å²) in [5.74, 6) is 0.118. The molecular formula is C21H24Cl2N2O. The topological polar surface area (TPSA) is 32.3 Å². The van der Waals surface area contributed by atoms with Crippen LogP contribution in [0.1, 0.15) is 36.9 Å². The van der Waals surface area contributed by atoms with Crippen LogP contribution in [-0.4, -0.2) is 23.9 Å². The van der Waals surface area contributed by atoms with Crippen LogP contribution in [0.25, 0.3) is 0 Å². The molecule has 2 aromatic rings. The van der Waals surface area contributed by atoms with Crippen molar-refractivity contribution < 1.29 is 4.79 Å². The lowest BCUT2D eigenvalue weighted by Crippen LogP contribution is -2.43. The molecule has 0 unspecified atom stereocenters. The number of rotatable bonds is 5. The summed E-state index contributed by atoms with van der Waals surface area (Å²) in [6, 6.07) is 15.6. The van der Waals surface area contributed by atoms with E-state index in [1.54, 1.807) is 0 Å². The third kappa shape index (κ3) is 4.79. The number of carbonyl (C=O) groups excluding carboxylic acids is 1. The predicted octanol–water partition coefficient (Wildman–Crippen LogP) is 5.08. The van der Waals surface area contributed by atoms with Gasteiger partial charge in [0.25, 0.3) is 0 Å². The van der Waals surface area contributed by atoms with E-state index in [4.69, 9.17) is 23.2 Å². The van der Waals surface area contributed by atoms with E-state index in [2.05, 4.69) is 10.2 Å². The summed E-state index contributed by atoms with van der Waals surface area (Å²) in [5, 5.41) is 4.52. The van der Waals surface area contributed by atoms with Crippen molar-refractivity contribution in [2.75, 3.05) is 13.1 Å². The second-order valence-electron chi connectivity index (χ2n) is 6.92. The van der Waals surface area contributed by atoms with E-state index in [1.807, 2.05) is 55.5 Å². The molecule has 0 saturated carbocycles. The highest BCUT2D eigenvalue weighted by Gasteiger charge is 2.27. The van der Waals surface area contributed by atoms with E-state index in [1.165, 1.54) is 0 Å². The Morgan fingerprint density at radius 3 is 2.54 bits per heavy atom. The van der Waals surface area contributed by atoms with E-state index in [0.29, 0.717) is 16.6 Å². The number of nitrogens with zero attached hydrogens (tertiary/aromatic N) is 1. The molecule has 1 N–H and O–H groups in total. The standard InChI is InChI=1S/C21H24Cl2N2O/c1-15(16-7-3-2-4-8-16)24-21(26)17-9-6-12-25(13-17)14-18-19(22)10-5-11-20(18)23/h2-5,7-8,10-11,15,17H,6,9,12-14H2,1H3,(H,24,26)/t15-,17+/m1/s1. The molecule has 2 aromatic carbocycles. The molecule has 2 atom stereocenters. The van der Waals surface area contributed by atoms with Gasteiger partial charge in [-0.3, -0.25) is 9.69 Å². The molecule has 1 amide bonds. The summed E-state index contributed by atoms with van der Waals surface area (Å²) in [5.41, 5.74) is 2.06. The van der Waals surface area contributed by atoms with Crippen molar-refractivity contribution in [1.29, 1.82) is 0 Å². The van der Waals surface area contributed by atoms with E-state index >= 15 is 0 Å². The molecule has 1 heterocycles. The first kappa shape index (κ1) is 19.2. The number of hydrogen-bond acceptors (Lipinski definition) is 2. The van der Waals surface area contributed by atoms with Crippen molar-refractivity contribution in [1.82, 2.24) is 10.2 Å². The first-order valence-electron chi connectivity index (χ1n) is 9.05. The maximum Gasteiger partial charge on any atom is 0.224 e. The molecule has 1 aliphatic rings. The number of nitrogens with one attached hydrogen (secondary N) is 1. The summed E-state index contributed by atoms with van der Waals surface area (Å²) in [6.07, 6.45) is 1.92. The third-order valence-corrected chi connectivity index (χ3v) is 5.69. The molecule has 0 radical (unpaired) electrons. The van der Waals surface area contributed by atoms with Gasteiger partial charge in [0.1, 0.15) is 0 Å². The van der Waals surface area contributed by atoms with Gasteiger partial charge < -0.3 is 5.32 Å². The van der Waals surface area contributed by atoms with Gasteiger partial charge in [-0.05, 0) is 44.0 Å². The minimum Gasteiger partial charge on any atom is -0.349 e. The first-order chi connectivity index (χ1) is 12.5. The summed E-state index contributed by atoms with van der Waals surface area (Å²) in [7, 11) is 0. The van der Waals surface area contributed by atoms with Gasteiger partial charge in [0.15, 0.2) is 0 Å².